The molecular formula is C11H15NO3. The number of hydrogen-bond donors (Lipinski definition) is 1. The summed E-state index contributed by atoms with van der Waals surface area (Å²) in [5.74, 6) is 0. The number of pyridine rings is 1. The lowest BCUT2D eigenvalue weighted by Crippen LogP contribution is -2.12. The summed E-state index contributed by atoms with van der Waals surface area (Å²) in [5, 5.41) is 8.92. The molecule has 2 heterocycles. The molecular weight excluding hydrogens is 194 g/mol. The van der Waals surface area contributed by atoms with Crippen LogP contribution in [-0.2, 0) is 22.7 Å². The van der Waals surface area contributed by atoms with Gasteiger partial charge >= 0.3 is 0 Å². The summed E-state index contributed by atoms with van der Waals surface area (Å²) < 4.78 is 10.8. The van der Waals surface area contributed by atoms with Crippen molar-refractivity contribution in [3.05, 3.63) is 29.6 Å². The maximum Gasteiger partial charge on any atom is 0.0892 e. The highest BCUT2D eigenvalue weighted by Crippen LogP contribution is 2.10. The van der Waals surface area contributed by atoms with Crippen molar-refractivity contribution in [1.82, 2.24) is 4.98 Å². The Hall–Kier alpha value is -0.970. The molecule has 1 aromatic rings. The minimum absolute atomic E-state index is 0.0274. The molecule has 1 unspecified atom stereocenters. The van der Waals surface area contributed by atoms with E-state index < -0.39 is 0 Å². The molecule has 0 aromatic carbocycles. The van der Waals surface area contributed by atoms with E-state index in [2.05, 4.69) is 4.98 Å². The summed E-state index contributed by atoms with van der Waals surface area (Å²) in [5.41, 5.74) is 1.53. The van der Waals surface area contributed by atoms with Crippen molar-refractivity contribution in [3.63, 3.8) is 0 Å². The maximum absolute atomic E-state index is 8.92. The van der Waals surface area contributed by atoms with Crippen LogP contribution in [0, 0.1) is 0 Å². The number of ether oxygens (including phenoxy) is 2. The Balaban J connectivity index is 1.86. The molecule has 1 fully saturated rings. The summed E-state index contributed by atoms with van der Waals surface area (Å²) in [6.07, 6.45) is 1.16. The van der Waals surface area contributed by atoms with Crippen LogP contribution in [0.2, 0.25) is 0 Å². The van der Waals surface area contributed by atoms with E-state index in [4.69, 9.17) is 14.6 Å². The molecule has 0 saturated carbocycles. The quantitative estimate of drug-likeness (QED) is 0.799. The fourth-order valence-corrected chi connectivity index (χ4v) is 1.55. The molecule has 4 heteroatoms. The highest BCUT2D eigenvalue weighted by atomic mass is 16.5. The molecule has 0 aliphatic carbocycles. The zero-order chi connectivity index (χ0) is 10.5. The van der Waals surface area contributed by atoms with Gasteiger partial charge in [-0.1, -0.05) is 6.07 Å². The normalized spacial score (nSPS) is 20.7. The van der Waals surface area contributed by atoms with E-state index in [-0.39, 0.29) is 12.7 Å². The molecule has 82 valence electrons. The molecule has 0 bridgehead atoms. The van der Waals surface area contributed by atoms with Crippen LogP contribution in [0.25, 0.3) is 0 Å². The molecule has 0 amide bonds. The van der Waals surface area contributed by atoms with Gasteiger partial charge in [0.25, 0.3) is 0 Å². The maximum atomic E-state index is 8.92. The second-order valence-electron chi connectivity index (χ2n) is 3.57. The van der Waals surface area contributed by atoms with Crippen molar-refractivity contribution >= 4 is 0 Å². The molecule has 1 aliphatic heterocycles. The van der Waals surface area contributed by atoms with Crippen molar-refractivity contribution in [1.29, 1.82) is 0 Å². The van der Waals surface area contributed by atoms with Gasteiger partial charge in [0, 0.05) is 6.61 Å². The number of nitrogens with zero attached hydrogens (tertiary/aromatic N) is 1. The fraction of sp³-hybridized carbons (Fsp3) is 0.545. The molecule has 1 aromatic heterocycles. The van der Waals surface area contributed by atoms with E-state index in [1.165, 1.54) is 0 Å². The van der Waals surface area contributed by atoms with Gasteiger partial charge in [-0.2, -0.15) is 0 Å². The van der Waals surface area contributed by atoms with Gasteiger partial charge in [-0.25, -0.2) is 0 Å². The Morgan fingerprint density at radius 3 is 3.07 bits per heavy atom. The Morgan fingerprint density at radius 2 is 2.33 bits per heavy atom. The molecule has 4 nitrogen and oxygen atoms in total. The predicted octanol–water partition coefficient (Wildman–Crippen LogP) is 0.879. The van der Waals surface area contributed by atoms with Crippen LogP contribution in [0.4, 0.5) is 0 Å². The molecule has 1 saturated heterocycles. The van der Waals surface area contributed by atoms with Gasteiger partial charge in [0.1, 0.15) is 0 Å². The van der Waals surface area contributed by atoms with Crippen molar-refractivity contribution in [3.8, 4) is 0 Å². The third-order valence-electron chi connectivity index (χ3n) is 2.38. The third kappa shape index (κ3) is 2.99. The number of hydrogen-bond acceptors (Lipinski definition) is 4. The summed E-state index contributed by atoms with van der Waals surface area (Å²) in [4.78, 5) is 4.24. The highest BCUT2D eigenvalue weighted by molar-refractivity contribution is 5.09. The van der Waals surface area contributed by atoms with E-state index in [0.29, 0.717) is 18.9 Å². The zero-order valence-electron chi connectivity index (χ0n) is 8.56. The van der Waals surface area contributed by atoms with Crippen molar-refractivity contribution in [2.24, 2.45) is 0 Å². The smallest absolute Gasteiger partial charge is 0.0892 e. The van der Waals surface area contributed by atoms with Crippen LogP contribution in [0.15, 0.2) is 18.2 Å². The monoisotopic (exact) mass is 209 g/mol. The first-order valence-corrected chi connectivity index (χ1v) is 5.13. The van der Waals surface area contributed by atoms with Crippen LogP contribution in [0.5, 0.6) is 0 Å². The largest absolute Gasteiger partial charge is 0.390 e. The van der Waals surface area contributed by atoms with Gasteiger partial charge in [-0.15, -0.1) is 0 Å². The van der Waals surface area contributed by atoms with Gasteiger partial charge in [0.05, 0.1) is 37.3 Å². The van der Waals surface area contributed by atoms with E-state index in [9.17, 15) is 0 Å². The molecule has 1 atom stereocenters. The minimum Gasteiger partial charge on any atom is -0.390 e. The average Bonchev–Trinajstić information content (AvgIpc) is 2.79. The predicted molar refractivity (Wildman–Crippen MR) is 54.2 cm³/mol. The van der Waals surface area contributed by atoms with E-state index in [0.717, 1.165) is 18.7 Å². The Labute approximate surface area is 88.9 Å². The fourth-order valence-electron chi connectivity index (χ4n) is 1.55. The number of aromatic nitrogens is 1. The minimum atomic E-state index is -0.0274. The number of aliphatic hydroxyl groups is 1. The van der Waals surface area contributed by atoms with Gasteiger partial charge in [0.15, 0.2) is 0 Å². The van der Waals surface area contributed by atoms with Crippen LogP contribution in [-0.4, -0.2) is 29.4 Å². The van der Waals surface area contributed by atoms with Crippen molar-refractivity contribution in [2.75, 3.05) is 13.2 Å². The van der Waals surface area contributed by atoms with Gasteiger partial charge in [0.2, 0.25) is 0 Å². The van der Waals surface area contributed by atoms with Crippen LogP contribution >= 0.6 is 0 Å². The molecule has 0 spiro atoms. The third-order valence-corrected chi connectivity index (χ3v) is 2.38. The second kappa shape index (κ2) is 5.21. The first-order chi connectivity index (χ1) is 7.38. The summed E-state index contributed by atoms with van der Waals surface area (Å²) in [7, 11) is 0. The summed E-state index contributed by atoms with van der Waals surface area (Å²) in [6.45, 7) is 1.93. The summed E-state index contributed by atoms with van der Waals surface area (Å²) in [6, 6.07) is 5.57. The second-order valence-corrected chi connectivity index (χ2v) is 3.57. The Bertz CT molecular complexity index is 310. The lowest BCUT2D eigenvalue weighted by Gasteiger charge is -2.09. The van der Waals surface area contributed by atoms with E-state index in [1.807, 2.05) is 12.1 Å². The molecule has 15 heavy (non-hydrogen) atoms. The van der Waals surface area contributed by atoms with Crippen LogP contribution in [0.1, 0.15) is 17.8 Å². The van der Waals surface area contributed by atoms with Crippen molar-refractivity contribution < 1.29 is 14.6 Å². The SMILES string of the molecule is OCc1cccc(COC2CCOC2)n1. The lowest BCUT2D eigenvalue weighted by atomic mass is 10.3. The standard InChI is InChI=1S/C11H15NO3/c13-6-9-2-1-3-10(12-9)7-15-11-4-5-14-8-11/h1-3,11,13H,4-8H2. The van der Waals surface area contributed by atoms with Gasteiger partial charge < -0.3 is 14.6 Å². The van der Waals surface area contributed by atoms with Crippen LogP contribution < -0.4 is 0 Å². The molecule has 0 radical (unpaired) electrons. The number of rotatable bonds is 4. The zero-order valence-corrected chi connectivity index (χ0v) is 8.56. The van der Waals surface area contributed by atoms with Crippen molar-refractivity contribution in [2.45, 2.75) is 25.7 Å². The van der Waals surface area contributed by atoms with Gasteiger partial charge in [-0.05, 0) is 18.6 Å². The van der Waals surface area contributed by atoms with Gasteiger partial charge in [-0.3, -0.25) is 4.98 Å². The highest BCUT2D eigenvalue weighted by Gasteiger charge is 2.15. The Kier molecular flexibility index (Phi) is 3.66. The lowest BCUT2D eigenvalue weighted by molar-refractivity contribution is 0.0300. The average molecular weight is 209 g/mol. The van der Waals surface area contributed by atoms with E-state index >= 15 is 0 Å². The van der Waals surface area contributed by atoms with E-state index in [1.54, 1.807) is 6.07 Å². The topological polar surface area (TPSA) is 51.6 Å². The molecule has 1 aliphatic rings. The van der Waals surface area contributed by atoms with Crippen LogP contribution in [0.3, 0.4) is 0 Å². The first-order valence-electron chi connectivity index (χ1n) is 5.13. The first kappa shape index (κ1) is 10.5. The number of aliphatic hydroxyl groups excluding tert-OH is 1. The molecule has 2 rings (SSSR count). The molecule has 1 N–H and O–H groups in total. The summed E-state index contributed by atoms with van der Waals surface area (Å²) >= 11 is 0. The Morgan fingerprint density at radius 1 is 1.47 bits per heavy atom.